The summed E-state index contributed by atoms with van der Waals surface area (Å²) in [6, 6.07) is 2.51. The first-order chi connectivity index (χ1) is 8.33. The normalized spacial score (nSPS) is 20.1. The minimum absolute atomic E-state index is 0.132. The molecule has 1 saturated carbocycles. The van der Waals surface area contributed by atoms with Gasteiger partial charge in [-0.1, -0.05) is 0 Å². The zero-order chi connectivity index (χ0) is 13.6. The summed E-state index contributed by atoms with van der Waals surface area (Å²) in [4.78, 5) is 0. The molecule has 3 nitrogen and oxygen atoms in total. The number of methoxy groups -OCH3 is 2. The molecule has 0 heterocycles. The number of rotatable bonds is 3. The molecule has 0 bridgehead atoms. The van der Waals surface area contributed by atoms with Gasteiger partial charge in [-0.3, -0.25) is 0 Å². The van der Waals surface area contributed by atoms with Crippen LogP contribution in [0.2, 0.25) is 0 Å². The molecule has 18 heavy (non-hydrogen) atoms. The smallest absolute Gasteiger partial charge is 0.252 e. The van der Waals surface area contributed by atoms with Crippen LogP contribution in [0.4, 0.5) is 13.2 Å². The van der Waals surface area contributed by atoms with E-state index < -0.39 is 30.1 Å². The Labute approximate surface area is 103 Å². The Kier molecular flexibility index (Phi) is 2.93. The van der Waals surface area contributed by atoms with Crippen LogP contribution in [0.3, 0.4) is 0 Å². The predicted molar refractivity (Wildman–Crippen MR) is 59.6 cm³/mol. The first-order valence-corrected chi connectivity index (χ1v) is 5.41. The Morgan fingerprint density at radius 1 is 1.17 bits per heavy atom. The largest absolute Gasteiger partial charge is 0.496 e. The minimum atomic E-state index is -2.82. The molecule has 1 aliphatic carbocycles. The van der Waals surface area contributed by atoms with Gasteiger partial charge in [-0.25, -0.2) is 13.2 Å². The van der Waals surface area contributed by atoms with Gasteiger partial charge in [0.25, 0.3) is 5.92 Å². The van der Waals surface area contributed by atoms with Crippen molar-refractivity contribution in [1.29, 1.82) is 0 Å². The minimum Gasteiger partial charge on any atom is -0.496 e. The van der Waals surface area contributed by atoms with Crippen LogP contribution in [0.25, 0.3) is 0 Å². The molecular weight excluding hydrogens is 247 g/mol. The van der Waals surface area contributed by atoms with Crippen LogP contribution >= 0.6 is 0 Å². The quantitative estimate of drug-likeness (QED) is 0.908. The van der Waals surface area contributed by atoms with E-state index in [2.05, 4.69) is 0 Å². The zero-order valence-corrected chi connectivity index (χ0v) is 10.1. The van der Waals surface area contributed by atoms with E-state index in [-0.39, 0.29) is 17.1 Å². The van der Waals surface area contributed by atoms with Crippen molar-refractivity contribution in [3.63, 3.8) is 0 Å². The number of hydrogen-bond acceptors (Lipinski definition) is 3. The van der Waals surface area contributed by atoms with Crippen molar-refractivity contribution in [1.82, 2.24) is 0 Å². The van der Waals surface area contributed by atoms with Gasteiger partial charge in [-0.2, -0.15) is 0 Å². The lowest BCUT2D eigenvalue weighted by Gasteiger charge is -2.45. The number of benzene rings is 1. The predicted octanol–water partition coefficient (Wildman–Crippen LogP) is 2.43. The van der Waals surface area contributed by atoms with E-state index in [1.54, 1.807) is 0 Å². The standard InChI is InChI=1S/C12H14F3NO2/c1-17-8-4-3-7(13)10(18-2)9(8)11(16)5-12(14,15)6-11/h3-4H,5-6,16H2,1-2H3. The maximum Gasteiger partial charge on any atom is 0.252 e. The van der Waals surface area contributed by atoms with Gasteiger partial charge < -0.3 is 15.2 Å². The van der Waals surface area contributed by atoms with Crippen molar-refractivity contribution < 1.29 is 22.6 Å². The molecule has 1 fully saturated rings. The Morgan fingerprint density at radius 3 is 2.22 bits per heavy atom. The van der Waals surface area contributed by atoms with Gasteiger partial charge in [0, 0.05) is 12.8 Å². The van der Waals surface area contributed by atoms with Gasteiger partial charge in [0.05, 0.1) is 25.3 Å². The van der Waals surface area contributed by atoms with Gasteiger partial charge in [0.2, 0.25) is 0 Å². The molecule has 0 unspecified atom stereocenters. The molecule has 0 radical (unpaired) electrons. The maximum absolute atomic E-state index is 13.6. The molecule has 1 aromatic rings. The van der Waals surface area contributed by atoms with Crippen LogP contribution in [-0.2, 0) is 5.54 Å². The van der Waals surface area contributed by atoms with Crippen molar-refractivity contribution >= 4 is 0 Å². The van der Waals surface area contributed by atoms with Gasteiger partial charge in [-0.05, 0) is 12.1 Å². The zero-order valence-electron chi connectivity index (χ0n) is 10.1. The maximum atomic E-state index is 13.6. The van der Waals surface area contributed by atoms with E-state index in [9.17, 15) is 13.2 Å². The summed E-state index contributed by atoms with van der Waals surface area (Å²) in [6.07, 6.45) is -1.09. The van der Waals surface area contributed by atoms with Crippen molar-refractivity contribution in [3.8, 4) is 11.5 Å². The molecule has 6 heteroatoms. The number of hydrogen-bond donors (Lipinski definition) is 1. The summed E-state index contributed by atoms with van der Waals surface area (Å²) >= 11 is 0. The summed E-state index contributed by atoms with van der Waals surface area (Å²) in [5.41, 5.74) is 4.76. The lowest BCUT2D eigenvalue weighted by molar-refractivity contribution is -0.125. The highest BCUT2D eigenvalue weighted by Gasteiger charge is 2.57. The second kappa shape index (κ2) is 4.05. The first kappa shape index (κ1) is 13.0. The third-order valence-corrected chi connectivity index (χ3v) is 3.14. The Bertz CT molecular complexity index is 469. The van der Waals surface area contributed by atoms with Crippen LogP contribution < -0.4 is 15.2 Å². The summed E-state index contributed by atoms with van der Waals surface area (Å²) < 4.78 is 49.7. The first-order valence-electron chi connectivity index (χ1n) is 5.41. The lowest BCUT2D eigenvalue weighted by atomic mass is 9.69. The average Bonchev–Trinajstić information content (AvgIpc) is 2.25. The number of halogens is 3. The van der Waals surface area contributed by atoms with Crippen molar-refractivity contribution in [2.24, 2.45) is 5.73 Å². The molecule has 0 aromatic heterocycles. The number of alkyl halides is 2. The molecule has 0 saturated heterocycles. The molecule has 0 aliphatic heterocycles. The molecule has 0 spiro atoms. The second-order valence-corrected chi connectivity index (χ2v) is 4.52. The topological polar surface area (TPSA) is 44.5 Å². The fourth-order valence-corrected chi connectivity index (χ4v) is 2.43. The molecule has 0 amide bonds. The molecule has 0 atom stereocenters. The van der Waals surface area contributed by atoms with Crippen molar-refractivity contribution in [2.75, 3.05) is 14.2 Å². The third kappa shape index (κ3) is 1.90. The lowest BCUT2D eigenvalue weighted by Crippen LogP contribution is -2.55. The van der Waals surface area contributed by atoms with E-state index in [0.717, 1.165) is 6.07 Å². The van der Waals surface area contributed by atoms with E-state index in [1.807, 2.05) is 0 Å². The van der Waals surface area contributed by atoms with Crippen molar-refractivity contribution in [2.45, 2.75) is 24.3 Å². The molecule has 100 valence electrons. The summed E-state index contributed by atoms with van der Waals surface area (Å²) in [5, 5.41) is 0. The Morgan fingerprint density at radius 2 is 1.78 bits per heavy atom. The molecular formula is C12H14F3NO2. The fraction of sp³-hybridized carbons (Fsp3) is 0.500. The van der Waals surface area contributed by atoms with Crippen LogP contribution in [0.5, 0.6) is 11.5 Å². The van der Waals surface area contributed by atoms with Gasteiger partial charge in [0.1, 0.15) is 5.75 Å². The van der Waals surface area contributed by atoms with Gasteiger partial charge in [-0.15, -0.1) is 0 Å². The SMILES string of the molecule is COc1ccc(F)c(OC)c1C1(N)CC(F)(F)C1. The van der Waals surface area contributed by atoms with E-state index in [4.69, 9.17) is 15.2 Å². The van der Waals surface area contributed by atoms with Gasteiger partial charge >= 0.3 is 0 Å². The molecule has 2 rings (SSSR count). The van der Waals surface area contributed by atoms with E-state index in [1.165, 1.54) is 20.3 Å². The molecule has 1 aromatic carbocycles. The highest BCUT2D eigenvalue weighted by Crippen LogP contribution is 2.54. The highest BCUT2D eigenvalue weighted by atomic mass is 19.3. The number of nitrogens with two attached hydrogens (primary N) is 1. The fourth-order valence-electron chi connectivity index (χ4n) is 2.43. The Hall–Kier alpha value is -1.43. The van der Waals surface area contributed by atoms with Crippen LogP contribution in [0.15, 0.2) is 12.1 Å². The van der Waals surface area contributed by atoms with E-state index >= 15 is 0 Å². The van der Waals surface area contributed by atoms with Crippen LogP contribution in [-0.4, -0.2) is 20.1 Å². The van der Waals surface area contributed by atoms with E-state index in [0.29, 0.717) is 0 Å². The monoisotopic (exact) mass is 261 g/mol. The third-order valence-electron chi connectivity index (χ3n) is 3.14. The molecule has 1 aliphatic rings. The van der Waals surface area contributed by atoms with Crippen molar-refractivity contribution in [3.05, 3.63) is 23.5 Å². The number of ether oxygens (including phenoxy) is 2. The highest BCUT2D eigenvalue weighted by molar-refractivity contribution is 5.51. The Balaban J connectivity index is 2.52. The van der Waals surface area contributed by atoms with Gasteiger partial charge in [0.15, 0.2) is 11.6 Å². The van der Waals surface area contributed by atoms with Crippen LogP contribution in [0.1, 0.15) is 18.4 Å². The average molecular weight is 261 g/mol. The summed E-state index contributed by atoms with van der Waals surface area (Å²) in [5.74, 6) is -3.34. The summed E-state index contributed by atoms with van der Waals surface area (Å²) in [6.45, 7) is 0. The van der Waals surface area contributed by atoms with Crippen LogP contribution in [0, 0.1) is 5.82 Å². The molecule has 2 N–H and O–H groups in total. The summed E-state index contributed by atoms with van der Waals surface area (Å²) in [7, 11) is 2.64. The second-order valence-electron chi connectivity index (χ2n) is 4.52.